The molecule has 130 valence electrons. The molecule has 1 heterocycles. The van der Waals surface area contributed by atoms with E-state index in [1.807, 2.05) is 12.1 Å². The molecular formula is C22H26N2O. The molecule has 1 fully saturated rings. The van der Waals surface area contributed by atoms with Crippen molar-refractivity contribution >= 4 is 0 Å². The number of rotatable bonds is 6. The summed E-state index contributed by atoms with van der Waals surface area (Å²) >= 11 is 0. The van der Waals surface area contributed by atoms with Crippen molar-refractivity contribution < 1.29 is 4.74 Å². The molecule has 0 radical (unpaired) electrons. The average molecular weight is 334 g/mol. The van der Waals surface area contributed by atoms with Crippen molar-refractivity contribution in [3.8, 4) is 18.1 Å². The Balaban J connectivity index is 1.73. The van der Waals surface area contributed by atoms with Gasteiger partial charge in [-0.15, -0.1) is 12.3 Å². The number of nitrogens with zero attached hydrogens (tertiary/aromatic N) is 1. The molecule has 1 aliphatic rings. The summed E-state index contributed by atoms with van der Waals surface area (Å²) in [7, 11) is 1.72. The first-order chi connectivity index (χ1) is 12.3. The molecule has 1 saturated heterocycles. The molecule has 25 heavy (non-hydrogen) atoms. The van der Waals surface area contributed by atoms with E-state index in [0.29, 0.717) is 12.5 Å². The average Bonchev–Trinajstić information content (AvgIpc) is 2.68. The summed E-state index contributed by atoms with van der Waals surface area (Å²) in [6, 6.07) is 17.4. The van der Waals surface area contributed by atoms with Crippen LogP contribution in [0, 0.1) is 12.3 Å². The first-order valence-corrected chi connectivity index (χ1v) is 8.96. The minimum absolute atomic E-state index is 0.426. The van der Waals surface area contributed by atoms with Crippen LogP contribution in [0.4, 0.5) is 0 Å². The predicted octanol–water partition coefficient (Wildman–Crippen LogP) is 4.10. The van der Waals surface area contributed by atoms with E-state index in [-0.39, 0.29) is 0 Å². The Morgan fingerprint density at radius 3 is 2.80 bits per heavy atom. The van der Waals surface area contributed by atoms with Gasteiger partial charge in [0.2, 0.25) is 0 Å². The molecule has 2 aromatic carbocycles. The van der Waals surface area contributed by atoms with Gasteiger partial charge in [0, 0.05) is 31.1 Å². The van der Waals surface area contributed by atoms with Gasteiger partial charge < -0.3 is 4.74 Å². The maximum atomic E-state index is 5.52. The summed E-state index contributed by atoms with van der Waals surface area (Å²) in [6.07, 6.45) is 9.78. The van der Waals surface area contributed by atoms with Crippen LogP contribution in [0.3, 0.4) is 0 Å². The van der Waals surface area contributed by atoms with Gasteiger partial charge in [0.25, 0.3) is 0 Å². The van der Waals surface area contributed by atoms with Gasteiger partial charge in [-0.1, -0.05) is 42.8 Å². The summed E-state index contributed by atoms with van der Waals surface area (Å²) in [4.78, 5) is 0. The lowest BCUT2D eigenvalue weighted by Crippen LogP contribution is -2.43. The summed E-state index contributed by atoms with van der Waals surface area (Å²) in [5.74, 6) is 3.62. The van der Waals surface area contributed by atoms with E-state index in [4.69, 9.17) is 11.2 Å². The lowest BCUT2D eigenvalue weighted by Gasteiger charge is -2.36. The van der Waals surface area contributed by atoms with Gasteiger partial charge in [-0.2, -0.15) is 0 Å². The topological polar surface area (TPSA) is 24.5 Å². The molecule has 0 aromatic heterocycles. The first kappa shape index (κ1) is 17.5. The predicted molar refractivity (Wildman–Crippen MR) is 102 cm³/mol. The Morgan fingerprint density at radius 2 is 2.04 bits per heavy atom. The van der Waals surface area contributed by atoms with Crippen LogP contribution in [0.25, 0.3) is 0 Å². The Bertz CT molecular complexity index is 721. The molecular weight excluding hydrogens is 308 g/mol. The second kappa shape index (κ2) is 8.71. The van der Waals surface area contributed by atoms with Crippen molar-refractivity contribution in [1.29, 1.82) is 0 Å². The van der Waals surface area contributed by atoms with Crippen LogP contribution in [-0.2, 0) is 13.0 Å². The molecule has 3 heteroatoms. The van der Waals surface area contributed by atoms with Gasteiger partial charge in [-0.05, 0) is 36.1 Å². The van der Waals surface area contributed by atoms with Crippen LogP contribution >= 0.6 is 0 Å². The number of ether oxygens (including phenoxy) is 1. The van der Waals surface area contributed by atoms with Crippen LogP contribution in [0.15, 0.2) is 48.5 Å². The normalized spacial score (nSPS) is 17.8. The highest BCUT2D eigenvalue weighted by Crippen LogP contribution is 2.29. The number of methoxy groups -OCH3 is 1. The largest absolute Gasteiger partial charge is 0.496 e. The Hall–Kier alpha value is -2.28. The molecule has 3 nitrogen and oxygen atoms in total. The van der Waals surface area contributed by atoms with Crippen molar-refractivity contribution in [2.24, 2.45) is 0 Å². The molecule has 0 aliphatic carbocycles. The van der Waals surface area contributed by atoms with E-state index in [1.165, 1.54) is 24.8 Å². The molecule has 0 spiro atoms. The molecule has 1 atom stereocenters. The quantitative estimate of drug-likeness (QED) is 0.805. The van der Waals surface area contributed by atoms with Gasteiger partial charge in [0.1, 0.15) is 5.75 Å². The van der Waals surface area contributed by atoms with Gasteiger partial charge >= 0.3 is 0 Å². The zero-order valence-corrected chi connectivity index (χ0v) is 14.9. The molecule has 1 aliphatic heterocycles. The minimum Gasteiger partial charge on any atom is -0.496 e. The number of piperidine rings is 1. The van der Waals surface area contributed by atoms with Gasteiger partial charge in [0.15, 0.2) is 0 Å². The smallest absolute Gasteiger partial charge is 0.123 e. The van der Waals surface area contributed by atoms with Crippen LogP contribution in [-0.4, -0.2) is 18.7 Å². The Kier molecular flexibility index (Phi) is 6.11. The van der Waals surface area contributed by atoms with E-state index >= 15 is 0 Å². The van der Waals surface area contributed by atoms with Crippen LogP contribution in [0.2, 0.25) is 0 Å². The molecule has 0 saturated carbocycles. The van der Waals surface area contributed by atoms with Crippen LogP contribution < -0.4 is 10.2 Å². The first-order valence-electron chi connectivity index (χ1n) is 8.96. The number of benzene rings is 2. The SMILES string of the molecule is C#CCc1ccc(OC)c(CNN2CCCCC2c2ccccc2)c1. The summed E-state index contributed by atoms with van der Waals surface area (Å²) in [5.41, 5.74) is 7.31. The van der Waals surface area contributed by atoms with Gasteiger partial charge in [-0.25, -0.2) is 5.01 Å². The van der Waals surface area contributed by atoms with E-state index in [0.717, 1.165) is 30.0 Å². The van der Waals surface area contributed by atoms with Crippen LogP contribution in [0.5, 0.6) is 5.75 Å². The van der Waals surface area contributed by atoms with E-state index in [9.17, 15) is 0 Å². The lowest BCUT2D eigenvalue weighted by molar-refractivity contribution is 0.0822. The number of hydrogen-bond acceptors (Lipinski definition) is 3. The fourth-order valence-corrected chi connectivity index (χ4v) is 3.53. The lowest BCUT2D eigenvalue weighted by atomic mass is 9.97. The fourth-order valence-electron chi connectivity index (χ4n) is 3.53. The van der Waals surface area contributed by atoms with Gasteiger partial charge in [0.05, 0.1) is 7.11 Å². The van der Waals surface area contributed by atoms with Crippen LogP contribution in [0.1, 0.15) is 42.0 Å². The number of nitrogens with one attached hydrogen (secondary N) is 1. The maximum absolute atomic E-state index is 5.52. The van der Waals surface area contributed by atoms with Crippen molar-refractivity contribution in [3.63, 3.8) is 0 Å². The Morgan fingerprint density at radius 1 is 1.20 bits per heavy atom. The fraction of sp³-hybridized carbons (Fsp3) is 0.364. The second-order valence-electron chi connectivity index (χ2n) is 6.48. The maximum Gasteiger partial charge on any atom is 0.123 e. The highest BCUT2D eigenvalue weighted by atomic mass is 16.5. The summed E-state index contributed by atoms with van der Waals surface area (Å²) in [6.45, 7) is 1.80. The number of hydrazine groups is 1. The molecule has 0 bridgehead atoms. The molecule has 1 unspecified atom stereocenters. The second-order valence-corrected chi connectivity index (χ2v) is 6.48. The standard InChI is InChI=1S/C22H26N2O/c1-3-9-18-13-14-22(25-2)20(16-18)17-23-24-15-8-7-12-21(24)19-10-5-4-6-11-19/h1,4-6,10-11,13-14,16,21,23H,7-9,12,15,17H2,2H3. The third kappa shape index (κ3) is 4.42. The zero-order chi connectivity index (χ0) is 17.5. The van der Waals surface area contributed by atoms with E-state index in [2.05, 4.69) is 52.8 Å². The van der Waals surface area contributed by atoms with Crippen molar-refractivity contribution in [2.45, 2.75) is 38.3 Å². The van der Waals surface area contributed by atoms with Gasteiger partial charge in [-0.3, -0.25) is 5.43 Å². The summed E-state index contributed by atoms with van der Waals surface area (Å²) < 4.78 is 5.52. The van der Waals surface area contributed by atoms with Crippen molar-refractivity contribution in [1.82, 2.24) is 10.4 Å². The highest BCUT2D eigenvalue weighted by Gasteiger charge is 2.23. The van der Waals surface area contributed by atoms with E-state index < -0.39 is 0 Å². The third-order valence-electron chi connectivity index (χ3n) is 4.81. The summed E-state index contributed by atoms with van der Waals surface area (Å²) in [5, 5.41) is 2.38. The van der Waals surface area contributed by atoms with E-state index in [1.54, 1.807) is 7.11 Å². The third-order valence-corrected chi connectivity index (χ3v) is 4.81. The highest BCUT2D eigenvalue weighted by molar-refractivity contribution is 5.38. The number of hydrogen-bond donors (Lipinski definition) is 1. The number of terminal acetylenes is 1. The minimum atomic E-state index is 0.426. The Labute approximate surface area is 151 Å². The molecule has 0 amide bonds. The molecule has 2 aromatic rings. The molecule has 1 N–H and O–H groups in total. The van der Waals surface area contributed by atoms with Crippen molar-refractivity contribution in [3.05, 3.63) is 65.2 Å². The van der Waals surface area contributed by atoms with Crippen molar-refractivity contribution in [2.75, 3.05) is 13.7 Å². The monoisotopic (exact) mass is 334 g/mol. The zero-order valence-electron chi connectivity index (χ0n) is 14.9. The molecule has 3 rings (SSSR count).